The van der Waals surface area contributed by atoms with E-state index < -0.39 is 11.9 Å². The van der Waals surface area contributed by atoms with Crippen LogP contribution in [0.2, 0.25) is 0 Å². The normalized spacial score (nSPS) is 27.6. The Labute approximate surface area is 103 Å². The van der Waals surface area contributed by atoms with Crippen molar-refractivity contribution in [2.75, 3.05) is 18.0 Å². The zero-order valence-corrected chi connectivity index (χ0v) is 9.82. The third-order valence-electron chi connectivity index (χ3n) is 3.99. The Balaban J connectivity index is 1.74. The van der Waals surface area contributed by atoms with Gasteiger partial charge in [0.1, 0.15) is 0 Å². The molecule has 1 aromatic heterocycles. The van der Waals surface area contributed by atoms with Gasteiger partial charge in [-0.2, -0.15) is 13.2 Å². The summed E-state index contributed by atoms with van der Waals surface area (Å²) in [5.41, 5.74) is -0.925. The number of hydrogen-bond donors (Lipinski definition) is 0. The average molecular weight is 257 g/mol. The Kier molecular flexibility index (Phi) is 2.68. The molecule has 6 heteroatoms. The van der Waals surface area contributed by atoms with Gasteiger partial charge in [0, 0.05) is 13.1 Å². The predicted octanol–water partition coefficient (Wildman–Crippen LogP) is 2.73. The summed E-state index contributed by atoms with van der Waals surface area (Å²) >= 11 is 0. The molecular weight excluding hydrogens is 243 g/mol. The van der Waals surface area contributed by atoms with Crippen LogP contribution in [0.3, 0.4) is 0 Å². The molecule has 2 atom stereocenters. The average Bonchev–Trinajstić information content (AvgIpc) is 2.88. The second kappa shape index (κ2) is 4.10. The molecule has 0 spiro atoms. The highest BCUT2D eigenvalue weighted by Crippen LogP contribution is 2.39. The number of fused-ring (bicyclic) bond motifs is 1. The lowest BCUT2D eigenvalue weighted by Gasteiger charge is -2.17. The highest BCUT2D eigenvalue weighted by atomic mass is 19.4. The van der Waals surface area contributed by atoms with Crippen molar-refractivity contribution in [2.24, 2.45) is 11.8 Å². The number of nitrogens with zero attached hydrogens (tertiary/aromatic N) is 3. The SMILES string of the molecule is FC(F)(F)c1ccc(N2CC3CCCC3C2)nn1. The van der Waals surface area contributed by atoms with Gasteiger partial charge < -0.3 is 4.90 Å². The number of hydrogen-bond acceptors (Lipinski definition) is 3. The van der Waals surface area contributed by atoms with Gasteiger partial charge in [-0.3, -0.25) is 0 Å². The maximum absolute atomic E-state index is 12.4. The van der Waals surface area contributed by atoms with Crippen LogP contribution >= 0.6 is 0 Å². The van der Waals surface area contributed by atoms with E-state index >= 15 is 0 Å². The first-order chi connectivity index (χ1) is 8.54. The van der Waals surface area contributed by atoms with Gasteiger partial charge in [-0.1, -0.05) is 6.42 Å². The summed E-state index contributed by atoms with van der Waals surface area (Å²) in [5, 5.41) is 6.98. The Hall–Kier alpha value is -1.33. The van der Waals surface area contributed by atoms with Crippen molar-refractivity contribution < 1.29 is 13.2 Å². The van der Waals surface area contributed by atoms with Crippen LogP contribution in [0.4, 0.5) is 19.0 Å². The van der Waals surface area contributed by atoms with Crippen LogP contribution in [0, 0.1) is 11.8 Å². The van der Waals surface area contributed by atoms with Crippen molar-refractivity contribution >= 4 is 5.82 Å². The van der Waals surface area contributed by atoms with Gasteiger partial charge in [0.05, 0.1) is 0 Å². The molecule has 18 heavy (non-hydrogen) atoms. The molecule has 0 amide bonds. The largest absolute Gasteiger partial charge is 0.435 e. The first-order valence-corrected chi connectivity index (χ1v) is 6.20. The standard InChI is InChI=1S/C12H14F3N3/c13-12(14,15)10-4-5-11(17-16-10)18-6-8-2-1-3-9(8)7-18/h4-5,8-9H,1-3,6-7H2. The van der Waals surface area contributed by atoms with Crippen LogP contribution in [0.1, 0.15) is 25.0 Å². The summed E-state index contributed by atoms with van der Waals surface area (Å²) in [4.78, 5) is 2.06. The monoisotopic (exact) mass is 257 g/mol. The van der Waals surface area contributed by atoms with Crippen LogP contribution in [0.25, 0.3) is 0 Å². The third kappa shape index (κ3) is 2.04. The van der Waals surface area contributed by atoms with Crippen LogP contribution in [-0.2, 0) is 6.18 Å². The molecule has 1 saturated carbocycles. The molecule has 1 aliphatic carbocycles. The fourth-order valence-electron chi connectivity index (χ4n) is 3.07. The molecule has 1 aromatic rings. The smallest absolute Gasteiger partial charge is 0.355 e. The van der Waals surface area contributed by atoms with E-state index in [9.17, 15) is 13.2 Å². The molecule has 1 saturated heterocycles. The molecule has 3 nitrogen and oxygen atoms in total. The van der Waals surface area contributed by atoms with E-state index in [1.165, 1.54) is 25.3 Å². The minimum atomic E-state index is -4.41. The summed E-state index contributed by atoms with van der Waals surface area (Å²) in [5.74, 6) is 1.94. The highest BCUT2D eigenvalue weighted by Gasteiger charge is 2.37. The molecule has 2 unspecified atom stereocenters. The summed E-state index contributed by atoms with van der Waals surface area (Å²) in [6.45, 7) is 1.81. The van der Waals surface area contributed by atoms with Crippen LogP contribution in [0.5, 0.6) is 0 Å². The van der Waals surface area contributed by atoms with Gasteiger partial charge in [0.25, 0.3) is 0 Å². The van der Waals surface area contributed by atoms with E-state index in [2.05, 4.69) is 15.1 Å². The highest BCUT2D eigenvalue weighted by molar-refractivity contribution is 5.39. The molecule has 2 heterocycles. The van der Waals surface area contributed by atoms with Crippen molar-refractivity contribution in [2.45, 2.75) is 25.4 Å². The zero-order chi connectivity index (χ0) is 12.8. The van der Waals surface area contributed by atoms with E-state index in [1.54, 1.807) is 0 Å². The lowest BCUT2D eigenvalue weighted by molar-refractivity contribution is -0.141. The zero-order valence-electron chi connectivity index (χ0n) is 9.82. The molecule has 98 valence electrons. The number of aromatic nitrogens is 2. The number of anilines is 1. The van der Waals surface area contributed by atoms with Crippen molar-refractivity contribution in [3.8, 4) is 0 Å². The Morgan fingerprint density at radius 3 is 2.22 bits per heavy atom. The molecule has 1 aliphatic heterocycles. The van der Waals surface area contributed by atoms with Crippen LogP contribution < -0.4 is 4.90 Å². The fraction of sp³-hybridized carbons (Fsp3) is 0.667. The van der Waals surface area contributed by atoms with Gasteiger partial charge in [0.2, 0.25) is 0 Å². The van der Waals surface area contributed by atoms with E-state index in [-0.39, 0.29) is 0 Å². The van der Waals surface area contributed by atoms with Crippen LogP contribution in [0.15, 0.2) is 12.1 Å². The summed E-state index contributed by atoms with van der Waals surface area (Å²) in [6, 6.07) is 2.44. The Morgan fingerprint density at radius 2 is 1.72 bits per heavy atom. The van der Waals surface area contributed by atoms with E-state index in [0.29, 0.717) is 17.7 Å². The van der Waals surface area contributed by atoms with Gasteiger partial charge in [-0.25, -0.2) is 0 Å². The van der Waals surface area contributed by atoms with Gasteiger partial charge in [-0.15, -0.1) is 10.2 Å². The molecule has 0 N–H and O–H groups in total. The van der Waals surface area contributed by atoms with E-state index in [4.69, 9.17) is 0 Å². The molecule has 0 radical (unpaired) electrons. The van der Waals surface area contributed by atoms with Crippen molar-refractivity contribution in [1.29, 1.82) is 0 Å². The maximum Gasteiger partial charge on any atom is 0.435 e. The molecule has 2 aliphatic rings. The first-order valence-electron chi connectivity index (χ1n) is 6.20. The Bertz CT molecular complexity index is 417. The fourth-order valence-corrected chi connectivity index (χ4v) is 3.07. The second-order valence-electron chi connectivity index (χ2n) is 5.13. The van der Waals surface area contributed by atoms with Crippen molar-refractivity contribution in [3.05, 3.63) is 17.8 Å². The molecule has 0 aromatic carbocycles. The number of rotatable bonds is 1. The van der Waals surface area contributed by atoms with Crippen LogP contribution in [-0.4, -0.2) is 23.3 Å². The molecular formula is C12H14F3N3. The van der Waals surface area contributed by atoms with Crippen molar-refractivity contribution in [3.63, 3.8) is 0 Å². The van der Waals surface area contributed by atoms with Gasteiger partial charge >= 0.3 is 6.18 Å². The van der Waals surface area contributed by atoms with Gasteiger partial charge in [-0.05, 0) is 36.8 Å². The van der Waals surface area contributed by atoms with E-state index in [0.717, 1.165) is 19.2 Å². The quantitative estimate of drug-likeness (QED) is 0.774. The maximum atomic E-state index is 12.4. The number of alkyl halides is 3. The summed E-state index contributed by atoms with van der Waals surface area (Å²) < 4.78 is 37.1. The minimum absolute atomic E-state index is 0.567. The van der Waals surface area contributed by atoms with E-state index in [1.807, 2.05) is 0 Å². The third-order valence-corrected chi connectivity index (χ3v) is 3.99. The van der Waals surface area contributed by atoms with Gasteiger partial charge in [0.15, 0.2) is 11.5 Å². The molecule has 2 fully saturated rings. The first kappa shape index (κ1) is 11.7. The number of halogens is 3. The topological polar surface area (TPSA) is 29.0 Å². The predicted molar refractivity (Wildman–Crippen MR) is 60.1 cm³/mol. The lowest BCUT2D eigenvalue weighted by Crippen LogP contribution is -2.22. The lowest BCUT2D eigenvalue weighted by atomic mass is 10.0. The summed E-state index contributed by atoms with van der Waals surface area (Å²) in [7, 11) is 0. The van der Waals surface area contributed by atoms with Crippen molar-refractivity contribution in [1.82, 2.24) is 10.2 Å². The summed E-state index contributed by atoms with van der Waals surface area (Å²) in [6.07, 6.45) is -0.667. The molecule has 3 rings (SSSR count). The minimum Gasteiger partial charge on any atom is -0.355 e. The second-order valence-corrected chi connectivity index (χ2v) is 5.13. The Morgan fingerprint density at radius 1 is 1.06 bits per heavy atom. The molecule has 0 bridgehead atoms.